The lowest BCUT2D eigenvalue weighted by molar-refractivity contribution is -0.149. The molecule has 0 aromatic heterocycles. The third-order valence-electron chi connectivity index (χ3n) is 3.43. The smallest absolute Gasteiger partial charge is 0.332 e. The first kappa shape index (κ1) is 15.9. The molecule has 1 amide bonds. The summed E-state index contributed by atoms with van der Waals surface area (Å²) in [5.41, 5.74) is 5.45. The zero-order valence-corrected chi connectivity index (χ0v) is 11.4. The number of aliphatic carboxylic acids is 1. The van der Waals surface area contributed by atoms with Crippen molar-refractivity contribution in [2.75, 3.05) is 13.1 Å². The summed E-state index contributed by atoms with van der Waals surface area (Å²) in [6, 6.07) is 0. The molecule has 0 spiro atoms. The molecule has 0 saturated carbocycles. The second-order valence-corrected chi connectivity index (χ2v) is 5.19. The summed E-state index contributed by atoms with van der Waals surface area (Å²) in [5, 5.41) is 11.6. The SMILES string of the molecule is CC(CCN)CCC(=O)NCC1CCC(C(=O)O)O1. The van der Waals surface area contributed by atoms with Crippen LogP contribution >= 0.6 is 0 Å². The van der Waals surface area contributed by atoms with Crippen molar-refractivity contribution in [2.24, 2.45) is 11.7 Å². The van der Waals surface area contributed by atoms with Crippen LogP contribution in [0.4, 0.5) is 0 Å². The number of nitrogens with one attached hydrogen (secondary N) is 1. The number of carboxylic acids is 1. The van der Waals surface area contributed by atoms with Crippen molar-refractivity contribution in [1.29, 1.82) is 0 Å². The van der Waals surface area contributed by atoms with Gasteiger partial charge in [-0.25, -0.2) is 4.79 Å². The summed E-state index contributed by atoms with van der Waals surface area (Å²) in [6.45, 7) is 3.13. The minimum Gasteiger partial charge on any atom is -0.479 e. The highest BCUT2D eigenvalue weighted by atomic mass is 16.5. The Balaban J connectivity index is 2.12. The molecule has 0 radical (unpaired) electrons. The van der Waals surface area contributed by atoms with Crippen LogP contribution in [0.15, 0.2) is 0 Å². The highest BCUT2D eigenvalue weighted by molar-refractivity contribution is 5.76. The third-order valence-corrected chi connectivity index (χ3v) is 3.43. The minimum atomic E-state index is -0.926. The summed E-state index contributed by atoms with van der Waals surface area (Å²) in [6.07, 6.45) is 2.55. The van der Waals surface area contributed by atoms with Crippen LogP contribution in [0, 0.1) is 5.92 Å². The Bertz CT molecular complexity index is 309. The van der Waals surface area contributed by atoms with Crippen LogP contribution in [0.2, 0.25) is 0 Å². The predicted molar refractivity (Wildman–Crippen MR) is 70.6 cm³/mol. The van der Waals surface area contributed by atoms with Crippen LogP contribution in [0.1, 0.15) is 39.0 Å². The number of amides is 1. The van der Waals surface area contributed by atoms with Crippen LogP contribution in [0.25, 0.3) is 0 Å². The average molecular weight is 272 g/mol. The lowest BCUT2D eigenvalue weighted by Crippen LogP contribution is -2.33. The van der Waals surface area contributed by atoms with Gasteiger partial charge in [0.1, 0.15) is 0 Å². The molecular weight excluding hydrogens is 248 g/mol. The van der Waals surface area contributed by atoms with Crippen LogP contribution in [0.3, 0.4) is 0 Å². The van der Waals surface area contributed by atoms with E-state index in [9.17, 15) is 9.59 Å². The number of ether oxygens (including phenoxy) is 1. The Morgan fingerprint density at radius 2 is 2.16 bits per heavy atom. The Morgan fingerprint density at radius 3 is 2.74 bits per heavy atom. The normalized spacial score (nSPS) is 24.1. The van der Waals surface area contributed by atoms with Gasteiger partial charge < -0.3 is 20.9 Å². The maximum Gasteiger partial charge on any atom is 0.332 e. The van der Waals surface area contributed by atoms with E-state index < -0.39 is 12.1 Å². The van der Waals surface area contributed by atoms with Crippen molar-refractivity contribution in [2.45, 2.75) is 51.2 Å². The summed E-state index contributed by atoms with van der Waals surface area (Å²) < 4.78 is 5.31. The van der Waals surface area contributed by atoms with Crippen molar-refractivity contribution in [3.05, 3.63) is 0 Å². The second-order valence-electron chi connectivity index (χ2n) is 5.19. The van der Waals surface area contributed by atoms with Crippen LogP contribution in [0.5, 0.6) is 0 Å². The highest BCUT2D eigenvalue weighted by Crippen LogP contribution is 2.19. The van der Waals surface area contributed by atoms with E-state index in [1.807, 2.05) is 0 Å². The highest BCUT2D eigenvalue weighted by Gasteiger charge is 2.30. The standard InChI is InChI=1S/C13H24N2O4/c1-9(6-7-14)2-5-12(16)15-8-10-3-4-11(19-10)13(17)18/h9-11H,2-8,14H2,1H3,(H,15,16)(H,17,18). The first-order valence-corrected chi connectivity index (χ1v) is 6.88. The van der Waals surface area contributed by atoms with E-state index in [4.69, 9.17) is 15.6 Å². The van der Waals surface area contributed by atoms with Gasteiger partial charge in [-0.05, 0) is 38.1 Å². The van der Waals surface area contributed by atoms with Gasteiger partial charge >= 0.3 is 5.97 Å². The Labute approximate surface area is 113 Å². The molecule has 3 unspecified atom stereocenters. The van der Waals surface area contributed by atoms with Crippen LogP contribution in [-0.4, -0.2) is 42.3 Å². The molecule has 1 fully saturated rings. The van der Waals surface area contributed by atoms with Gasteiger partial charge in [0, 0.05) is 13.0 Å². The fraction of sp³-hybridized carbons (Fsp3) is 0.846. The van der Waals surface area contributed by atoms with Gasteiger partial charge in [0.2, 0.25) is 5.91 Å². The number of rotatable bonds is 8. The van der Waals surface area contributed by atoms with Crippen molar-refractivity contribution in [3.63, 3.8) is 0 Å². The number of carbonyl (C=O) groups excluding carboxylic acids is 1. The number of nitrogens with two attached hydrogens (primary N) is 1. The van der Waals surface area contributed by atoms with Gasteiger partial charge in [0.05, 0.1) is 6.10 Å². The molecular formula is C13H24N2O4. The lowest BCUT2D eigenvalue weighted by atomic mass is 10.0. The first-order valence-electron chi connectivity index (χ1n) is 6.88. The molecule has 0 bridgehead atoms. The Morgan fingerprint density at radius 1 is 1.42 bits per heavy atom. The predicted octanol–water partition coefficient (Wildman–Crippen LogP) is 0.500. The van der Waals surface area contributed by atoms with Gasteiger partial charge in [-0.1, -0.05) is 6.92 Å². The number of carboxylic acid groups (broad SMARTS) is 1. The van der Waals surface area contributed by atoms with E-state index in [-0.39, 0.29) is 12.0 Å². The Hall–Kier alpha value is -1.14. The molecule has 1 aliphatic heterocycles. The van der Waals surface area contributed by atoms with Gasteiger partial charge in [-0.15, -0.1) is 0 Å². The zero-order valence-electron chi connectivity index (χ0n) is 11.4. The van der Waals surface area contributed by atoms with Gasteiger partial charge in [0.15, 0.2) is 6.10 Å². The molecule has 6 heteroatoms. The maximum absolute atomic E-state index is 11.6. The molecule has 1 aliphatic rings. The summed E-state index contributed by atoms with van der Waals surface area (Å²) in [4.78, 5) is 22.3. The molecule has 1 saturated heterocycles. The van der Waals surface area contributed by atoms with Crippen molar-refractivity contribution in [1.82, 2.24) is 5.32 Å². The number of hydrogen-bond acceptors (Lipinski definition) is 4. The molecule has 6 nitrogen and oxygen atoms in total. The fourth-order valence-corrected chi connectivity index (χ4v) is 2.16. The molecule has 0 aromatic rings. The summed E-state index contributed by atoms with van der Waals surface area (Å²) >= 11 is 0. The average Bonchev–Trinajstić information content (AvgIpc) is 2.83. The topological polar surface area (TPSA) is 102 Å². The van der Waals surface area contributed by atoms with Crippen LogP contribution < -0.4 is 11.1 Å². The molecule has 1 rings (SSSR count). The summed E-state index contributed by atoms with van der Waals surface area (Å²) in [7, 11) is 0. The summed E-state index contributed by atoms with van der Waals surface area (Å²) in [5.74, 6) is -0.481. The third kappa shape index (κ3) is 6.02. The van der Waals surface area contributed by atoms with Crippen molar-refractivity contribution >= 4 is 11.9 Å². The zero-order chi connectivity index (χ0) is 14.3. The van der Waals surface area contributed by atoms with E-state index in [0.717, 1.165) is 12.8 Å². The lowest BCUT2D eigenvalue weighted by Gasteiger charge is -2.13. The molecule has 0 aliphatic carbocycles. The van der Waals surface area contributed by atoms with E-state index in [1.54, 1.807) is 0 Å². The second kappa shape index (κ2) is 8.12. The Kier molecular flexibility index (Phi) is 6.80. The minimum absolute atomic E-state index is 0.00811. The molecule has 4 N–H and O–H groups in total. The van der Waals surface area contributed by atoms with E-state index in [0.29, 0.717) is 38.3 Å². The van der Waals surface area contributed by atoms with Gasteiger partial charge in [0.25, 0.3) is 0 Å². The largest absolute Gasteiger partial charge is 0.479 e. The van der Waals surface area contributed by atoms with E-state index in [2.05, 4.69) is 12.2 Å². The molecule has 1 heterocycles. The van der Waals surface area contributed by atoms with Crippen molar-refractivity contribution < 1.29 is 19.4 Å². The maximum atomic E-state index is 11.6. The molecule has 3 atom stereocenters. The number of carbonyl (C=O) groups is 2. The quantitative estimate of drug-likeness (QED) is 0.597. The van der Waals surface area contributed by atoms with E-state index in [1.165, 1.54) is 0 Å². The van der Waals surface area contributed by atoms with Crippen molar-refractivity contribution in [3.8, 4) is 0 Å². The van der Waals surface area contributed by atoms with Gasteiger partial charge in [-0.2, -0.15) is 0 Å². The fourth-order valence-electron chi connectivity index (χ4n) is 2.16. The van der Waals surface area contributed by atoms with Gasteiger partial charge in [-0.3, -0.25) is 4.79 Å². The molecule has 19 heavy (non-hydrogen) atoms. The number of hydrogen-bond donors (Lipinski definition) is 3. The van der Waals surface area contributed by atoms with E-state index >= 15 is 0 Å². The molecule has 0 aromatic carbocycles. The monoisotopic (exact) mass is 272 g/mol. The van der Waals surface area contributed by atoms with Crippen LogP contribution in [-0.2, 0) is 14.3 Å². The first-order chi connectivity index (χ1) is 9.02. The molecule has 110 valence electrons.